The number of halogens is 3. The van der Waals surface area contributed by atoms with Gasteiger partial charge in [-0.05, 0) is 13.0 Å². The normalized spacial score (nSPS) is 17.8. The zero-order chi connectivity index (χ0) is 10.7. The summed E-state index contributed by atoms with van der Waals surface area (Å²) in [5.41, 5.74) is 0.694. The summed E-state index contributed by atoms with van der Waals surface area (Å²) in [6.07, 6.45) is 1.49. The van der Waals surface area contributed by atoms with Crippen molar-refractivity contribution in [2.45, 2.75) is 13.0 Å². The third-order valence-electron chi connectivity index (χ3n) is 2.94. The summed E-state index contributed by atoms with van der Waals surface area (Å²) in [4.78, 5) is 5.96. The second-order valence-electron chi connectivity index (χ2n) is 3.85. The van der Waals surface area contributed by atoms with Crippen molar-refractivity contribution in [2.24, 2.45) is 0 Å². The van der Waals surface area contributed by atoms with Crippen molar-refractivity contribution in [3.8, 4) is 0 Å². The Labute approximate surface area is 114 Å². The molecule has 6 heteroatoms. The van der Waals surface area contributed by atoms with Crippen LogP contribution in [0.15, 0.2) is 18.3 Å². The molecule has 1 atom stereocenters. The summed E-state index contributed by atoms with van der Waals surface area (Å²) in [6.45, 7) is 5.93. The zero-order valence-corrected chi connectivity index (χ0v) is 11.4. The van der Waals surface area contributed by atoms with Gasteiger partial charge in [0, 0.05) is 44.0 Å². The van der Waals surface area contributed by atoms with Gasteiger partial charge in [0.1, 0.15) is 0 Å². The van der Waals surface area contributed by atoms with E-state index >= 15 is 0 Å². The highest BCUT2D eigenvalue weighted by Gasteiger charge is 2.20. The molecule has 1 aromatic heterocycles. The molecule has 0 amide bonds. The lowest BCUT2D eigenvalue weighted by atomic mass is 10.1. The van der Waals surface area contributed by atoms with Gasteiger partial charge >= 0.3 is 0 Å². The van der Waals surface area contributed by atoms with Crippen molar-refractivity contribution in [3.63, 3.8) is 0 Å². The van der Waals surface area contributed by atoms with Gasteiger partial charge in [-0.25, -0.2) is 4.98 Å². The van der Waals surface area contributed by atoms with Crippen LogP contribution < -0.4 is 5.32 Å². The number of hydrogen-bond acceptors (Lipinski definition) is 3. The topological polar surface area (TPSA) is 28.2 Å². The monoisotopic (exact) mass is 281 g/mol. The summed E-state index contributed by atoms with van der Waals surface area (Å²) in [7, 11) is 0. The van der Waals surface area contributed by atoms with E-state index in [0.717, 1.165) is 26.2 Å². The van der Waals surface area contributed by atoms with Crippen LogP contribution in [0.3, 0.4) is 0 Å². The number of rotatable bonds is 2. The van der Waals surface area contributed by atoms with Crippen LogP contribution >= 0.6 is 24.8 Å². The van der Waals surface area contributed by atoms with Crippen molar-refractivity contribution in [1.82, 2.24) is 15.2 Å². The van der Waals surface area contributed by atoms with Crippen LogP contribution in [-0.4, -0.2) is 36.1 Å². The molecule has 17 heavy (non-hydrogen) atoms. The molecule has 0 aliphatic carbocycles. The highest BCUT2D eigenvalue weighted by molar-refractivity contribution is 5.85. The van der Waals surface area contributed by atoms with Gasteiger partial charge < -0.3 is 5.32 Å². The van der Waals surface area contributed by atoms with Crippen molar-refractivity contribution < 1.29 is 4.39 Å². The van der Waals surface area contributed by atoms with Crippen LogP contribution in [0.4, 0.5) is 4.39 Å². The maximum absolute atomic E-state index is 13.4. The van der Waals surface area contributed by atoms with E-state index in [4.69, 9.17) is 0 Å². The molecule has 2 heterocycles. The lowest BCUT2D eigenvalue weighted by Crippen LogP contribution is -2.44. The predicted octanol–water partition coefficient (Wildman–Crippen LogP) is 2.03. The molecule has 0 bridgehead atoms. The number of hydrogen-bond donors (Lipinski definition) is 1. The van der Waals surface area contributed by atoms with Gasteiger partial charge in [-0.2, -0.15) is 4.39 Å². The van der Waals surface area contributed by atoms with Gasteiger partial charge in [0.2, 0.25) is 5.95 Å². The predicted molar refractivity (Wildman–Crippen MR) is 71.5 cm³/mol. The number of pyridine rings is 1. The Morgan fingerprint density at radius 3 is 2.59 bits per heavy atom. The number of aromatic nitrogens is 1. The molecule has 1 aliphatic rings. The van der Waals surface area contributed by atoms with Crippen LogP contribution in [0.5, 0.6) is 0 Å². The molecule has 0 unspecified atom stereocenters. The van der Waals surface area contributed by atoms with Crippen LogP contribution in [-0.2, 0) is 0 Å². The number of piperazine rings is 1. The molecule has 1 saturated heterocycles. The fraction of sp³-hybridized carbons (Fsp3) is 0.545. The van der Waals surface area contributed by atoms with E-state index in [9.17, 15) is 4.39 Å². The molecule has 3 nitrogen and oxygen atoms in total. The Hall–Kier alpha value is -0.420. The van der Waals surface area contributed by atoms with Crippen molar-refractivity contribution in [3.05, 3.63) is 29.8 Å². The van der Waals surface area contributed by atoms with Crippen LogP contribution in [0.1, 0.15) is 18.5 Å². The molecule has 1 aromatic rings. The van der Waals surface area contributed by atoms with Crippen molar-refractivity contribution in [1.29, 1.82) is 0 Å². The molecule has 0 radical (unpaired) electrons. The van der Waals surface area contributed by atoms with Crippen LogP contribution in [0, 0.1) is 5.95 Å². The van der Waals surface area contributed by atoms with Gasteiger partial charge in [-0.3, -0.25) is 4.90 Å². The van der Waals surface area contributed by atoms with Crippen molar-refractivity contribution in [2.75, 3.05) is 26.2 Å². The minimum Gasteiger partial charge on any atom is -0.314 e. The summed E-state index contributed by atoms with van der Waals surface area (Å²) in [5, 5.41) is 3.28. The Morgan fingerprint density at radius 1 is 1.35 bits per heavy atom. The van der Waals surface area contributed by atoms with Gasteiger partial charge in [0.15, 0.2) is 0 Å². The molecule has 1 aliphatic heterocycles. The smallest absolute Gasteiger partial charge is 0.217 e. The standard InChI is InChI=1S/C11H16FN3.2ClH/c1-9(15-7-5-13-6-8-15)10-3-2-4-14-11(10)12;;/h2-4,9,13H,5-8H2,1H3;2*1H/t9-;;/m1../s1. The van der Waals surface area contributed by atoms with Gasteiger partial charge in [0.25, 0.3) is 0 Å². The lowest BCUT2D eigenvalue weighted by molar-refractivity contribution is 0.181. The number of nitrogens with zero attached hydrogens (tertiary/aromatic N) is 2. The largest absolute Gasteiger partial charge is 0.314 e. The summed E-state index contributed by atoms with van der Waals surface area (Å²) in [5.74, 6) is -0.344. The molecular weight excluding hydrogens is 264 g/mol. The average Bonchev–Trinajstić information content (AvgIpc) is 2.30. The lowest BCUT2D eigenvalue weighted by Gasteiger charge is -2.32. The average molecular weight is 282 g/mol. The molecule has 0 aromatic carbocycles. The third kappa shape index (κ3) is 4.07. The van der Waals surface area contributed by atoms with Gasteiger partial charge in [-0.1, -0.05) is 6.07 Å². The Morgan fingerprint density at radius 2 is 2.00 bits per heavy atom. The first kappa shape index (κ1) is 16.6. The van der Waals surface area contributed by atoms with Gasteiger partial charge in [-0.15, -0.1) is 24.8 Å². The van der Waals surface area contributed by atoms with E-state index in [0.29, 0.717) is 5.56 Å². The molecule has 1 N–H and O–H groups in total. The van der Waals surface area contributed by atoms with E-state index in [-0.39, 0.29) is 36.8 Å². The molecule has 1 fully saturated rings. The SMILES string of the molecule is C[C@H](c1cccnc1F)N1CCNCC1.Cl.Cl. The maximum Gasteiger partial charge on any atom is 0.217 e. The second-order valence-corrected chi connectivity index (χ2v) is 3.85. The highest BCUT2D eigenvalue weighted by Crippen LogP contribution is 2.21. The van der Waals surface area contributed by atoms with E-state index < -0.39 is 0 Å². The summed E-state index contributed by atoms with van der Waals surface area (Å²) in [6, 6.07) is 3.72. The molecular formula is C11H18Cl2FN3. The van der Waals surface area contributed by atoms with Crippen molar-refractivity contribution >= 4 is 24.8 Å². The summed E-state index contributed by atoms with van der Waals surface area (Å²) < 4.78 is 13.4. The first-order valence-corrected chi connectivity index (χ1v) is 5.34. The van der Waals surface area contributed by atoms with E-state index in [1.807, 2.05) is 13.0 Å². The Balaban J connectivity index is 0.00000128. The Kier molecular flexibility index (Phi) is 7.63. The van der Waals surface area contributed by atoms with E-state index in [1.165, 1.54) is 6.20 Å². The minimum atomic E-state index is -0.344. The first-order valence-electron chi connectivity index (χ1n) is 5.34. The second kappa shape index (κ2) is 7.82. The molecule has 2 rings (SSSR count). The van der Waals surface area contributed by atoms with Gasteiger partial charge in [0.05, 0.1) is 0 Å². The van der Waals surface area contributed by atoms with E-state index in [1.54, 1.807) is 6.07 Å². The first-order chi connectivity index (χ1) is 7.29. The Bertz CT molecular complexity index is 332. The highest BCUT2D eigenvalue weighted by atomic mass is 35.5. The zero-order valence-electron chi connectivity index (χ0n) is 9.73. The molecule has 98 valence electrons. The quantitative estimate of drug-likeness (QED) is 0.841. The van der Waals surface area contributed by atoms with Crippen LogP contribution in [0.25, 0.3) is 0 Å². The number of nitrogens with one attached hydrogen (secondary N) is 1. The fourth-order valence-corrected chi connectivity index (χ4v) is 1.98. The molecule has 0 spiro atoms. The summed E-state index contributed by atoms with van der Waals surface area (Å²) >= 11 is 0. The molecule has 0 saturated carbocycles. The van der Waals surface area contributed by atoms with Crippen LogP contribution in [0.2, 0.25) is 0 Å². The maximum atomic E-state index is 13.4. The van der Waals surface area contributed by atoms with E-state index in [2.05, 4.69) is 15.2 Å². The third-order valence-corrected chi connectivity index (χ3v) is 2.94. The fourth-order valence-electron chi connectivity index (χ4n) is 1.98. The minimum absolute atomic E-state index is 0.